The topological polar surface area (TPSA) is 62.6 Å². The highest BCUT2D eigenvalue weighted by Crippen LogP contribution is 2.21. The highest BCUT2D eigenvalue weighted by Gasteiger charge is 2.09. The van der Waals surface area contributed by atoms with Gasteiger partial charge in [0.2, 0.25) is 0 Å². The summed E-state index contributed by atoms with van der Waals surface area (Å²) in [5, 5.41) is 11.9. The van der Waals surface area contributed by atoms with Gasteiger partial charge >= 0.3 is 0 Å². The molecule has 22 heavy (non-hydrogen) atoms. The van der Waals surface area contributed by atoms with Gasteiger partial charge in [-0.15, -0.1) is 0 Å². The lowest BCUT2D eigenvalue weighted by Crippen LogP contribution is -2.37. The zero-order chi connectivity index (χ0) is 15.4. The number of rotatable bonds is 6. The molecular formula is C16H22N3O3-. The molecule has 1 aromatic heterocycles. The van der Waals surface area contributed by atoms with E-state index in [1.165, 1.54) is 0 Å². The Morgan fingerprint density at radius 2 is 2.14 bits per heavy atom. The molecule has 6 nitrogen and oxygen atoms in total. The minimum atomic E-state index is 0.555. The van der Waals surface area contributed by atoms with Crippen molar-refractivity contribution in [2.45, 2.75) is 19.8 Å². The fourth-order valence-corrected chi connectivity index (χ4v) is 2.70. The molecule has 3 rings (SSSR count). The normalized spacial score (nSPS) is 16.2. The molecule has 1 aromatic carbocycles. The van der Waals surface area contributed by atoms with Crippen LogP contribution >= 0.6 is 0 Å². The van der Waals surface area contributed by atoms with E-state index in [1.54, 1.807) is 6.07 Å². The standard InChI is InChI=1S/C16H22N3O3/c1-2-16-17-14-12-13(4-5-15(14)19(16)20)22-9-3-6-18-7-10-21-11-8-18/h4-5,12H,2-3,6-11H2,1H3/q-1. The summed E-state index contributed by atoms with van der Waals surface area (Å²) in [7, 11) is 0. The van der Waals surface area contributed by atoms with Crippen LogP contribution in [0.2, 0.25) is 0 Å². The van der Waals surface area contributed by atoms with Crippen LogP contribution in [-0.4, -0.2) is 54.1 Å². The van der Waals surface area contributed by atoms with Crippen molar-refractivity contribution in [1.82, 2.24) is 14.6 Å². The van der Waals surface area contributed by atoms with E-state index in [1.807, 2.05) is 19.1 Å². The molecule has 0 N–H and O–H groups in total. The fourth-order valence-electron chi connectivity index (χ4n) is 2.70. The first kappa shape index (κ1) is 15.1. The highest BCUT2D eigenvalue weighted by molar-refractivity contribution is 5.78. The molecule has 0 unspecified atom stereocenters. The van der Waals surface area contributed by atoms with E-state index < -0.39 is 0 Å². The predicted molar refractivity (Wildman–Crippen MR) is 85.2 cm³/mol. The van der Waals surface area contributed by atoms with E-state index in [0.717, 1.165) is 49.7 Å². The van der Waals surface area contributed by atoms with Crippen molar-refractivity contribution < 1.29 is 9.47 Å². The van der Waals surface area contributed by atoms with Crippen LogP contribution in [0.15, 0.2) is 18.2 Å². The van der Waals surface area contributed by atoms with Crippen LogP contribution in [0, 0.1) is 5.21 Å². The molecule has 0 radical (unpaired) electrons. The molecular weight excluding hydrogens is 282 g/mol. The van der Waals surface area contributed by atoms with Gasteiger partial charge in [-0.05, 0) is 18.6 Å². The van der Waals surface area contributed by atoms with Gasteiger partial charge in [-0.25, -0.2) is 4.98 Å². The Morgan fingerprint density at radius 3 is 2.91 bits per heavy atom. The van der Waals surface area contributed by atoms with Crippen molar-refractivity contribution in [2.24, 2.45) is 0 Å². The third kappa shape index (κ3) is 3.34. The Bertz CT molecular complexity index is 620. The summed E-state index contributed by atoms with van der Waals surface area (Å²) >= 11 is 0. The van der Waals surface area contributed by atoms with Crippen LogP contribution in [0.4, 0.5) is 0 Å². The van der Waals surface area contributed by atoms with Gasteiger partial charge < -0.3 is 19.4 Å². The Labute approximate surface area is 130 Å². The molecule has 1 saturated heterocycles. The van der Waals surface area contributed by atoms with E-state index in [2.05, 4.69) is 9.88 Å². The summed E-state index contributed by atoms with van der Waals surface area (Å²) in [5.41, 5.74) is 1.31. The first-order valence-electron chi connectivity index (χ1n) is 7.89. The van der Waals surface area contributed by atoms with E-state index in [-0.39, 0.29) is 0 Å². The SMILES string of the molecule is CCc1nc2cc(OCCCN3CCOCC3)ccc2n1[O-]. The molecule has 2 heterocycles. The first-order chi connectivity index (χ1) is 10.8. The largest absolute Gasteiger partial charge is 0.804 e. The summed E-state index contributed by atoms with van der Waals surface area (Å²) in [6.45, 7) is 7.30. The molecule has 1 aliphatic heterocycles. The van der Waals surface area contributed by atoms with Gasteiger partial charge in [-0.1, -0.05) is 6.92 Å². The maximum absolute atomic E-state index is 11.9. The molecule has 2 aromatic rings. The summed E-state index contributed by atoms with van der Waals surface area (Å²) in [6, 6.07) is 5.47. The molecule has 0 amide bonds. The number of ether oxygens (including phenoxy) is 2. The number of aryl methyl sites for hydroxylation is 1. The van der Waals surface area contributed by atoms with Gasteiger partial charge in [0.05, 0.1) is 30.9 Å². The molecule has 0 aliphatic carbocycles. The number of aromatic nitrogens is 2. The zero-order valence-corrected chi connectivity index (χ0v) is 13.0. The van der Waals surface area contributed by atoms with Crippen molar-refractivity contribution in [3.63, 3.8) is 0 Å². The number of fused-ring (bicyclic) bond motifs is 1. The predicted octanol–water partition coefficient (Wildman–Crippen LogP) is 2.05. The molecule has 0 spiro atoms. The van der Waals surface area contributed by atoms with Crippen LogP contribution in [0.5, 0.6) is 5.75 Å². The fraction of sp³-hybridized carbons (Fsp3) is 0.562. The Kier molecular flexibility index (Phi) is 4.80. The zero-order valence-electron chi connectivity index (χ0n) is 13.0. The monoisotopic (exact) mass is 304 g/mol. The van der Waals surface area contributed by atoms with Gasteiger partial charge in [0, 0.05) is 32.1 Å². The average Bonchev–Trinajstić information content (AvgIpc) is 2.88. The Hall–Kier alpha value is -1.79. The van der Waals surface area contributed by atoms with Gasteiger partial charge in [0.25, 0.3) is 0 Å². The maximum atomic E-state index is 11.9. The second-order valence-electron chi connectivity index (χ2n) is 5.48. The van der Waals surface area contributed by atoms with Crippen molar-refractivity contribution in [2.75, 3.05) is 39.5 Å². The summed E-state index contributed by atoms with van der Waals surface area (Å²) < 4.78 is 12.0. The molecule has 0 atom stereocenters. The maximum Gasteiger partial charge on any atom is 0.121 e. The lowest BCUT2D eigenvalue weighted by atomic mass is 10.3. The minimum absolute atomic E-state index is 0.555. The van der Waals surface area contributed by atoms with Crippen molar-refractivity contribution >= 4 is 11.0 Å². The van der Waals surface area contributed by atoms with Gasteiger partial charge in [-0.3, -0.25) is 4.90 Å². The summed E-state index contributed by atoms with van der Waals surface area (Å²) in [6.07, 6.45) is 1.61. The lowest BCUT2D eigenvalue weighted by molar-refractivity contribution is 0.0358. The smallest absolute Gasteiger partial charge is 0.121 e. The van der Waals surface area contributed by atoms with Crippen LogP contribution in [0.1, 0.15) is 19.2 Å². The van der Waals surface area contributed by atoms with E-state index in [0.29, 0.717) is 29.9 Å². The van der Waals surface area contributed by atoms with E-state index in [4.69, 9.17) is 9.47 Å². The van der Waals surface area contributed by atoms with Gasteiger partial charge in [-0.2, -0.15) is 0 Å². The molecule has 1 fully saturated rings. The first-order valence-corrected chi connectivity index (χ1v) is 7.89. The number of hydrogen-bond donors (Lipinski definition) is 0. The average molecular weight is 304 g/mol. The van der Waals surface area contributed by atoms with E-state index >= 15 is 0 Å². The van der Waals surface area contributed by atoms with Crippen LogP contribution in [-0.2, 0) is 11.2 Å². The van der Waals surface area contributed by atoms with E-state index in [9.17, 15) is 5.21 Å². The Balaban J connectivity index is 1.53. The number of morpholine rings is 1. The second kappa shape index (κ2) is 6.98. The summed E-state index contributed by atoms with van der Waals surface area (Å²) in [4.78, 5) is 6.73. The van der Waals surface area contributed by atoms with Crippen LogP contribution in [0.3, 0.4) is 0 Å². The second-order valence-corrected chi connectivity index (χ2v) is 5.48. The van der Waals surface area contributed by atoms with Gasteiger partial charge in [0.1, 0.15) is 11.6 Å². The van der Waals surface area contributed by atoms with Crippen LogP contribution < -0.4 is 4.74 Å². The van der Waals surface area contributed by atoms with Crippen molar-refractivity contribution in [1.29, 1.82) is 0 Å². The third-order valence-corrected chi connectivity index (χ3v) is 3.96. The number of hydrogen-bond acceptors (Lipinski definition) is 5. The van der Waals surface area contributed by atoms with Crippen molar-refractivity contribution in [3.8, 4) is 5.75 Å². The van der Waals surface area contributed by atoms with Gasteiger partial charge in [0.15, 0.2) is 0 Å². The quantitative estimate of drug-likeness (QED) is 0.764. The molecule has 0 saturated carbocycles. The highest BCUT2D eigenvalue weighted by atomic mass is 16.5. The molecule has 1 aliphatic rings. The molecule has 120 valence electrons. The number of benzene rings is 1. The number of imidazole rings is 1. The number of nitrogens with zero attached hydrogens (tertiary/aromatic N) is 3. The minimum Gasteiger partial charge on any atom is -0.804 e. The Morgan fingerprint density at radius 1 is 1.32 bits per heavy atom. The third-order valence-electron chi connectivity index (χ3n) is 3.96. The summed E-state index contributed by atoms with van der Waals surface area (Å²) in [5.74, 6) is 1.33. The molecule has 0 bridgehead atoms. The lowest BCUT2D eigenvalue weighted by Gasteiger charge is -2.26. The van der Waals surface area contributed by atoms with Crippen LogP contribution in [0.25, 0.3) is 11.0 Å². The molecule has 6 heteroatoms. The van der Waals surface area contributed by atoms with Crippen molar-refractivity contribution in [3.05, 3.63) is 29.2 Å².